The molecule has 33 heavy (non-hydrogen) atoms. The summed E-state index contributed by atoms with van der Waals surface area (Å²) in [5.74, 6) is -0.873. The van der Waals surface area contributed by atoms with Gasteiger partial charge in [-0.3, -0.25) is 14.5 Å². The summed E-state index contributed by atoms with van der Waals surface area (Å²) in [6.45, 7) is 2.00. The molecule has 0 bridgehead atoms. The van der Waals surface area contributed by atoms with Gasteiger partial charge in [-0.1, -0.05) is 35.9 Å². The van der Waals surface area contributed by atoms with Crippen molar-refractivity contribution in [3.8, 4) is 0 Å². The van der Waals surface area contributed by atoms with Gasteiger partial charge in [0.1, 0.15) is 5.58 Å². The number of amides is 1. The first kappa shape index (κ1) is 21.0. The summed E-state index contributed by atoms with van der Waals surface area (Å²) in [6, 6.07) is 19.6. The predicted octanol–water partition coefficient (Wildman–Crippen LogP) is 5.37. The lowest BCUT2D eigenvalue weighted by molar-refractivity contribution is 0.0526. The summed E-state index contributed by atoms with van der Waals surface area (Å²) in [7, 11) is 0. The fraction of sp³-hybridized carbons (Fsp3) is 0.115. The van der Waals surface area contributed by atoms with Crippen LogP contribution in [0, 0.1) is 0 Å². The van der Waals surface area contributed by atoms with Crippen LogP contribution in [0.15, 0.2) is 82.0 Å². The van der Waals surface area contributed by atoms with Gasteiger partial charge >= 0.3 is 5.97 Å². The lowest BCUT2D eigenvalue weighted by Gasteiger charge is -2.25. The second-order valence-electron chi connectivity index (χ2n) is 7.57. The highest BCUT2D eigenvalue weighted by atomic mass is 35.5. The zero-order chi connectivity index (χ0) is 23.1. The molecule has 1 unspecified atom stereocenters. The monoisotopic (exact) mass is 459 g/mol. The Labute approximate surface area is 194 Å². The zero-order valence-corrected chi connectivity index (χ0v) is 18.3. The maximum atomic E-state index is 13.5. The van der Waals surface area contributed by atoms with Crippen LogP contribution in [0.2, 0.25) is 5.02 Å². The summed E-state index contributed by atoms with van der Waals surface area (Å²) < 4.78 is 11.0. The van der Waals surface area contributed by atoms with E-state index in [2.05, 4.69) is 0 Å². The van der Waals surface area contributed by atoms with E-state index < -0.39 is 17.9 Å². The molecule has 0 radical (unpaired) electrons. The average Bonchev–Trinajstić information content (AvgIpc) is 3.12. The highest BCUT2D eigenvalue weighted by molar-refractivity contribution is 6.30. The molecule has 0 spiro atoms. The molecule has 0 N–H and O–H groups in total. The smallest absolute Gasteiger partial charge is 0.338 e. The van der Waals surface area contributed by atoms with Crippen LogP contribution in [-0.2, 0) is 4.74 Å². The van der Waals surface area contributed by atoms with Gasteiger partial charge in [-0.25, -0.2) is 4.79 Å². The minimum absolute atomic E-state index is 0.00752. The number of nitrogens with zero attached hydrogens (tertiary/aromatic N) is 1. The summed E-state index contributed by atoms with van der Waals surface area (Å²) in [4.78, 5) is 40.6. The SMILES string of the molecule is CCOC(=O)c1ccc(N2C(=O)c3oc4ccccc4c(=O)c3C2c2ccc(Cl)cc2)cc1. The minimum atomic E-state index is -0.709. The third kappa shape index (κ3) is 3.49. The van der Waals surface area contributed by atoms with E-state index in [9.17, 15) is 14.4 Å². The number of ether oxygens (including phenoxy) is 1. The van der Waals surface area contributed by atoms with Crippen LogP contribution < -0.4 is 10.3 Å². The van der Waals surface area contributed by atoms with Crippen LogP contribution in [0.25, 0.3) is 11.0 Å². The number of carbonyl (C=O) groups is 2. The zero-order valence-electron chi connectivity index (χ0n) is 17.6. The van der Waals surface area contributed by atoms with E-state index in [0.29, 0.717) is 32.8 Å². The van der Waals surface area contributed by atoms with E-state index >= 15 is 0 Å². The topological polar surface area (TPSA) is 76.8 Å². The number of hydrogen-bond acceptors (Lipinski definition) is 5. The number of halogens is 1. The standard InChI is InChI=1S/C26H18ClNO5/c1-2-32-26(31)16-9-13-18(14-10-16)28-22(15-7-11-17(27)12-8-15)21-23(29)19-5-3-4-6-20(19)33-24(21)25(28)30/h3-14,22H,2H2,1H3. The second-order valence-corrected chi connectivity index (χ2v) is 8.00. The number of para-hydroxylation sites is 1. The third-order valence-electron chi connectivity index (χ3n) is 5.62. The number of fused-ring (bicyclic) bond motifs is 2. The third-order valence-corrected chi connectivity index (χ3v) is 5.87. The van der Waals surface area contributed by atoms with Crippen molar-refractivity contribution in [2.24, 2.45) is 0 Å². The molecule has 1 aliphatic heterocycles. The maximum Gasteiger partial charge on any atom is 0.338 e. The van der Waals surface area contributed by atoms with Crippen molar-refractivity contribution >= 4 is 40.1 Å². The first-order valence-corrected chi connectivity index (χ1v) is 10.8. The molecule has 0 fully saturated rings. The van der Waals surface area contributed by atoms with Crippen LogP contribution >= 0.6 is 11.6 Å². The minimum Gasteiger partial charge on any atom is -0.462 e. The molecule has 1 atom stereocenters. The van der Waals surface area contributed by atoms with Gasteiger partial charge in [0, 0.05) is 10.7 Å². The molecule has 0 saturated heterocycles. The first-order chi connectivity index (χ1) is 16.0. The predicted molar refractivity (Wildman–Crippen MR) is 125 cm³/mol. The van der Waals surface area contributed by atoms with Crippen LogP contribution in [0.1, 0.15) is 45.0 Å². The average molecular weight is 460 g/mol. The normalized spacial score (nSPS) is 15.0. The van der Waals surface area contributed by atoms with Gasteiger partial charge in [0.15, 0.2) is 5.43 Å². The lowest BCUT2D eigenvalue weighted by Crippen LogP contribution is -2.29. The van der Waals surface area contributed by atoms with Crippen LogP contribution in [-0.4, -0.2) is 18.5 Å². The van der Waals surface area contributed by atoms with Crippen LogP contribution in [0.5, 0.6) is 0 Å². The van der Waals surface area contributed by atoms with Gasteiger partial charge in [0.05, 0.1) is 29.2 Å². The van der Waals surface area contributed by atoms with Gasteiger partial charge < -0.3 is 9.15 Å². The van der Waals surface area contributed by atoms with Crippen molar-refractivity contribution in [2.45, 2.75) is 13.0 Å². The number of benzene rings is 3. The molecule has 2 heterocycles. The van der Waals surface area contributed by atoms with E-state index in [-0.39, 0.29) is 23.4 Å². The van der Waals surface area contributed by atoms with E-state index in [1.54, 1.807) is 79.7 Å². The van der Waals surface area contributed by atoms with Crippen molar-refractivity contribution in [1.82, 2.24) is 0 Å². The van der Waals surface area contributed by atoms with E-state index in [0.717, 1.165) is 0 Å². The Balaban J connectivity index is 1.69. The first-order valence-electron chi connectivity index (χ1n) is 10.4. The van der Waals surface area contributed by atoms with Gasteiger partial charge in [0.2, 0.25) is 5.76 Å². The largest absolute Gasteiger partial charge is 0.462 e. The Morgan fingerprint density at radius 1 is 1.00 bits per heavy atom. The molecule has 3 aromatic carbocycles. The fourth-order valence-corrected chi connectivity index (χ4v) is 4.24. The molecule has 1 amide bonds. The fourth-order valence-electron chi connectivity index (χ4n) is 4.12. The Hall–Kier alpha value is -3.90. The quantitative estimate of drug-likeness (QED) is 0.383. The molecule has 0 aliphatic carbocycles. The maximum absolute atomic E-state index is 13.5. The second kappa shape index (κ2) is 8.22. The van der Waals surface area contributed by atoms with Crippen molar-refractivity contribution in [3.05, 3.63) is 110 Å². The van der Waals surface area contributed by atoms with Crippen LogP contribution in [0.4, 0.5) is 5.69 Å². The summed E-state index contributed by atoms with van der Waals surface area (Å²) in [5, 5.41) is 0.946. The molecule has 5 rings (SSSR count). The van der Waals surface area contributed by atoms with Gasteiger partial charge in [-0.05, 0) is 61.0 Å². The highest BCUT2D eigenvalue weighted by Gasteiger charge is 2.43. The van der Waals surface area contributed by atoms with Crippen molar-refractivity contribution in [2.75, 3.05) is 11.5 Å². The Bertz CT molecular complexity index is 1440. The number of rotatable bonds is 4. The highest BCUT2D eigenvalue weighted by Crippen LogP contribution is 2.41. The molecule has 6 nitrogen and oxygen atoms in total. The summed E-state index contributed by atoms with van der Waals surface area (Å²) in [6.07, 6.45) is 0. The molecule has 1 aliphatic rings. The molecular weight excluding hydrogens is 442 g/mol. The molecule has 4 aromatic rings. The van der Waals surface area contributed by atoms with Gasteiger partial charge in [-0.2, -0.15) is 0 Å². The molecule has 7 heteroatoms. The van der Waals surface area contributed by atoms with Crippen LogP contribution in [0.3, 0.4) is 0 Å². The van der Waals surface area contributed by atoms with E-state index in [1.165, 1.54) is 4.90 Å². The Morgan fingerprint density at radius 3 is 2.39 bits per heavy atom. The van der Waals surface area contributed by atoms with Crippen molar-refractivity contribution in [1.29, 1.82) is 0 Å². The molecular formula is C26H18ClNO5. The number of carbonyl (C=O) groups excluding carboxylic acids is 2. The van der Waals surface area contributed by atoms with Crippen molar-refractivity contribution in [3.63, 3.8) is 0 Å². The number of esters is 1. The molecule has 164 valence electrons. The van der Waals surface area contributed by atoms with E-state index in [1.807, 2.05) is 0 Å². The van der Waals surface area contributed by atoms with Gasteiger partial charge in [0.25, 0.3) is 5.91 Å². The summed E-state index contributed by atoms with van der Waals surface area (Å²) >= 11 is 6.08. The molecule has 1 aromatic heterocycles. The molecule has 0 saturated carbocycles. The van der Waals surface area contributed by atoms with Crippen molar-refractivity contribution < 1.29 is 18.7 Å². The van der Waals surface area contributed by atoms with Gasteiger partial charge in [-0.15, -0.1) is 0 Å². The number of anilines is 1. The Kier molecular flexibility index (Phi) is 5.23. The number of hydrogen-bond donors (Lipinski definition) is 0. The van der Waals surface area contributed by atoms with E-state index in [4.69, 9.17) is 20.8 Å². The lowest BCUT2D eigenvalue weighted by atomic mass is 9.98. The summed E-state index contributed by atoms with van der Waals surface area (Å²) in [5.41, 5.74) is 1.96. The Morgan fingerprint density at radius 2 is 1.70 bits per heavy atom.